The highest BCUT2D eigenvalue weighted by atomic mass is 19.1. The monoisotopic (exact) mass is 278 g/mol. The molecule has 1 aromatic rings. The van der Waals surface area contributed by atoms with Gasteiger partial charge in [0.15, 0.2) is 6.10 Å². The Labute approximate surface area is 118 Å². The Morgan fingerprint density at radius 3 is 2.65 bits per heavy atom. The van der Waals surface area contributed by atoms with Crippen LogP contribution >= 0.6 is 0 Å². The number of halogens is 1. The van der Waals surface area contributed by atoms with Crippen LogP contribution < -0.4 is 10.1 Å². The molecule has 108 valence electrons. The maximum Gasteiger partial charge on any atom is 0.260 e. The van der Waals surface area contributed by atoms with Crippen LogP contribution in [0.15, 0.2) is 18.2 Å². The quantitative estimate of drug-likeness (QED) is 0.870. The summed E-state index contributed by atoms with van der Waals surface area (Å²) in [7, 11) is 0. The van der Waals surface area contributed by atoms with Gasteiger partial charge in [0.05, 0.1) is 0 Å². The van der Waals surface area contributed by atoms with Crippen molar-refractivity contribution in [2.45, 2.75) is 45.8 Å². The van der Waals surface area contributed by atoms with E-state index in [9.17, 15) is 9.18 Å². The van der Waals surface area contributed by atoms with Gasteiger partial charge in [-0.3, -0.25) is 4.79 Å². The zero-order chi connectivity index (χ0) is 15.1. The second-order valence-corrected chi connectivity index (χ2v) is 4.51. The van der Waals surface area contributed by atoms with Gasteiger partial charge in [-0.25, -0.2) is 4.39 Å². The lowest BCUT2D eigenvalue weighted by atomic mass is 10.1. The zero-order valence-electron chi connectivity index (χ0n) is 11.9. The summed E-state index contributed by atoms with van der Waals surface area (Å²) < 4.78 is 18.8. The summed E-state index contributed by atoms with van der Waals surface area (Å²) in [5, 5.41) is 11.7. The number of carbonyl (C=O) groups excluding carboxylic acids is 1. The molecular weight excluding hydrogens is 259 g/mol. The van der Waals surface area contributed by atoms with Crippen molar-refractivity contribution in [1.29, 1.82) is 5.26 Å². The van der Waals surface area contributed by atoms with E-state index in [-0.39, 0.29) is 23.3 Å². The van der Waals surface area contributed by atoms with E-state index in [2.05, 4.69) is 5.32 Å². The van der Waals surface area contributed by atoms with E-state index in [0.29, 0.717) is 0 Å². The number of nitrogens with zero attached hydrogens (tertiary/aromatic N) is 1. The van der Waals surface area contributed by atoms with Crippen LogP contribution in [0.3, 0.4) is 0 Å². The highest BCUT2D eigenvalue weighted by Crippen LogP contribution is 2.21. The van der Waals surface area contributed by atoms with Gasteiger partial charge in [-0.05, 0) is 31.9 Å². The summed E-state index contributed by atoms with van der Waals surface area (Å²) in [5.41, 5.74) is -0.185. The van der Waals surface area contributed by atoms with Crippen LogP contribution in [-0.4, -0.2) is 18.1 Å². The van der Waals surface area contributed by atoms with E-state index >= 15 is 0 Å². The first-order chi connectivity index (χ1) is 9.53. The lowest BCUT2D eigenvalue weighted by Crippen LogP contribution is -2.42. The van der Waals surface area contributed by atoms with Gasteiger partial charge in [-0.15, -0.1) is 0 Å². The zero-order valence-corrected chi connectivity index (χ0v) is 11.9. The van der Waals surface area contributed by atoms with Crippen LogP contribution in [0, 0.1) is 17.1 Å². The molecule has 1 aromatic carbocycles. The van der Waals surface area contributed by atoms with Crippen molar-refractivity contribution in [1.82, 2.24) is 5.32 Å². The maximum absolute atomic E-state index is 13.4. The molecule has 1 atom stereocenters. The van der Waals surface area contributed by atoms with Crippen molar-refractivity contribution >= 4 is 5.91 Å². The number of carbonyl (C=O) groups is 1. The predicted molar refractivity (Wildman–Crippen MR) is 73.7 cm³/mol. The van der Waals surface area contributed by atoms with Crippen LogP contribution in [0.25, 0.3) is 0 Å². The minimum absolute atomic E-state index is 0.0831. The first kappa shape index (κ1) is 16.0. The highest BCUT2D eigenvalue weighted by Gasteiger charge is 2.19. The molecule has 0 radical (unpaired) electrons. The van der Waals surface area contributed by atoms with E-state index in [1.54, 1.807) is 13.0 Å². The van der Waals surface area contributed by atoms with Crippen LogP contribution in [0.5, 0.6) is 5.75 Å². The maximum atomic E-state index is 13.4. The molecular formula is C15H19FN2O2. The fourth-order valence-electron chi connectivity index (χ4n) is 1.77. The van der Waals surface area contributed by atoms with Gasteiger partial charge in [-0.2, -0.15) is 5.26 Å². The fourth-order valence-corrected chi connectivity index (χ4v) is 1.77. The molecule has 0 aliphatic rings. The Morgan fingerprint density at radius 1 is 1.45 bits per heavy atom. The molecule has 1 amide bonds. The number of nitriles is 1. The SMILES string of the molecule is CCC(CC)NC(=O)C(C)Oc1cccc(F)c1C#N. The van der Waals surface area contributed by atoms with Crippen LogP contribution in [0.4, 0.5) is 4.39 Å². The van der Waals surface area contributed by atoms with E-state index < -0.39 is 11.9 Å². The first-order valence-corrected chi connectivity index (χ1v) is 6.69. The number of nitrogens with one attached hydrogen (secondary N) is 1. The molecule has 5 heteroatoms. The summed E-state index contributed by atoms with van der Waals surface area (Å²) in [4.78, 5) is 11.9. The summed E-state index contributed by atoms with van der Waals surface area (Å²) in [6.45, 7) is 5.55. The van der Waals surface area contributed by atoms with Gasteiger partial charge < -0.3 is 10.1 Å². The second kappa shape index (κ2) is 7.49. The van der Waals surface area contributed by atoms with Gasteiger partial charge >= 0.3 is 0 Å². The topological polar surface area (TPSA) is 62.1 Å². The average molecular weight is 278 g/mol. The lowest BCUT2D eigenvalue weighted by molar-refractivity contribution is -0.128. The third-order valence-electron chi connectivity index (χ3n) is 3.09. The summed E-state index contributed by atoms with van der Waals surface area (Å²) in [6.07, 6.45) is 0.876. The lowest BCUT2D eigenvalue weighted by Gasteiger charge is -2.19. The van der Waals surface area contributed by atoms with Crippen LogP contribution in [0.2, 0.25) is 0 Å². The van der Waals surface area contributed by atoms with E-state index in [1.165, 1.54) is 18.2 Å². The van der Waals surface area contributed by atoms with Gasteiger partial charge in [0.25, 0.3) is 5.91 Å². The number of benzene rings is 1. The molecule has 0 spiro atoms. The number of rotatable bonds is 6. The minimum Gasteiger partial charge on any atom is -0.479 e. The molecule has 1 rings (SSSR count). The molecule has 1 N–H and O–H groups in total. The van der Waals surface area contributed by atoms with Crippen molar-refractivity contribution in [3.8, 4) is 11.8 Å². The molecule has 0 fully saturated rings. The average Bonchev–Trinajstić information content (AvgIpc) is 2.44. The summed E-state index contributed by atoms with van der Waals surface area (Å²) >= 11 is 0. The number of ether oxygens (including phenoxy) is 1. The molecule has 0 aliphatic heterocycles. The summed E-state index contributed by atoms with van der Waals surface area (Å²) in [6, 6.07) is 5.93. The fraction of sp³-hybridized carbons (Fsp3) is 0.467. The van der Waals surface area contributed by atoms with Gasteiger partial charge in [0.1, 0.15) is 23.2 Å². The molecule has 0 aliphatic carbocycles. The number of hydrogen-bond acceptors (Lipinski definition) is 3. The Kier molecular flexibility index (Phi) is 5.98. The number of amides is 1. The standard InChI is InChI=1S/C15H19FN2O2/c1-4-11(5-2)18-15(19)10(3)20-14-8-6-7-13(16)12(14)9-17/h6-8,10-11H,4-5H2,1-3H3,(H,18,19). The molecule has 20 heavy (non-hydrogen) atoms. The Morgan fingerprint density at radius 2 is 2.10 bits per heavy atom. The van der Waals surface area contributed by atoms with Crippen molar-refractivity contribution in [2.75, 3.05) is 0 Å². The van der Waals surface area contributed by atoms with Gasteiger partial charge in [-0.1, -0.05) is 19.9 Å². The van der Waals surface area contributed by atoms with Crippen molar-refractivity contribution in [3.63, 3.8) is 0 Å². The van der Waals surface area contributed by atoms with Gasteiger partial charge in [0.2, 0.25) is 0 Å². The largest absolute Gasteiger partial charge is 0.479 e. The third kappa shape index (κ3) is 3.95. The third-order valence-corrected chi connectivity index (χ3v) is 3.09. The van der Waals surface area contributed by atoms with Crippen molar-refractivity contribution < 1.29 is 13.9 Å². The smallest absolute Gasteiger partial charge is 0.260 e. The van der Waals surface area contributed by atoms with E-state index in [0.717, 1.165) is 12.8 Å². The van der Waals surface area contributed by atoms with Crippen LogP contribution in [-0.2, 0) is 4.79 Å². The Balaban J connectivity index is 2.76. The molecule has 1 unspecified atom stereocenters. The van der Waals surface area contributed by atoms with Crippen molar-refractivity contribution in [2.24, 2.45) is 0 Å². The molecule has 4 nitrogen and oxygen atoms in total. The van der Waals surface area contributed by atoms with E-state index in [4.69, 9.17) is 10.00 Å². The highest BCUT2D eigenvalue weighted by molar-refractivity contribution is 5.81. The number of hydrogen-bond donors (Lipinski definition) is 1. The van der Waals surface area contributed by atoms with Crippen LogP contribution in [0.1, 0.15) is 39.2 Å². The molecule has 0 saturated heterocycles. The minimum atomic E-state index is -0.788. The second-order valence-electron chi connectivity index (χ2n) is 4.51. The molecule has 0 bridgehead atoms. The normalized spacial score (nSPS) is 11.8. The Hall–Kier alpha value is -2.09. The van der Waals surface area contributed by atoms with Gasteiger partial charge in [0, 0.05) is 6.04 Å². The molecule has 0 heterocycles. The molecule has 0 aromatic heterocycles. The predicted octanol–water partition coefficient (Wildman–Crippen LogP) is 2.77. The molecule has 0 saturated carbocycles. The van der Waals surface area contributed by atoms with E-state index in [1.807, 2.05) is 13.8 Å². The first-order valence-electron chi connectivity index (χ1n) is 6.69. The summed E-state index contributed by atoms with van der Waals surface area (Å²) in [5.74, 6) is -0.843. The van der Waals surface area contributed by atoms with Crippen molar-refractivity contribution in [3.05, 3.63) is 29.6 Å². The Bertz CT molecular complexity index is 507.